The second-order valence-electron chi connectivity index (χ2n) is 3.93. The molecular formula is C8H16F3N3O2S. The van der Waals surface area contributed by atoms with Gasteiger partial charge in [-0.1, -0.05) is 6.42 Å². The highest BCUT2D eigenvalue weighted by atomic mass is 32.2. The Morgan fingerprint density at radius 3 is 2.29 bits per heavy atom. The number of halogens is 3. The Labute approximate surface area is 98.3 Å². The summed E-state index contributed by atoms with van der Waals surface area (Å²) in [5.74, 6) is 0. The molecule has 0 aliphatic heterocycles. The van der Waals surface area contributed by atoms with Crippen molar-refractivity contribution in [1.29, 1.82) is 0 Å². The Morgan fingerprint density at radius 1 is 1.35 bits per heavy atom. The molecule has 17 heavy (non-hydrogen) atoms. The summed E-state index contributed by atoms with van der Waals surface area (Å²) in [5, 5.41) is 0. The van der Waals surface area contributed by atoms with E-state index in [1.165, 1.54) is 0 Å². The molecule has 102 valence electrons. The summed E-state index contributed by atoms with van der Waals surface area (Å²) >= 11 is 0. The summed E-state index contributed by atoms with van der Waals surface area (Å²) in [7, 11) is -4.09. The van der Waals surface area contributed by atoms with Crippen molar-refractivity contribution in [3.05, 3.63) is 0 Å². The minimum Gasteiger partial charge on any atom is -0.329 e. The molecule has 0 aromatic rings. The van der Waals surface area contributed by atoms with Crippen molar-refractivity contribution in [2.75, 3.05) is 19.6 Å². The van der Waals surface area contributed by atoms with Gasteiger partial charge in [0, 0.05) is 19.1 Å². The van der Waals surface area contributed by atoms with Crippen LogP contribution in [0.1, 0.15) is 19.3 Å². The van der Waals surface area contributed by atoms with Crippen molar-refractivity contribution in [3.8, 4) is 0 Å². The number of nitrogens with zero attached hydrogens (tertiary/aromatic N) is 1. The fraction of sp³-hybridized carbons (Fsp3) is 1.00. The SMILES string of the molecule is NCCN(C1CCC1)S(=O)(=O)NCC(F)(F)F. The Bertz CT molecular complexity index is 340. The lowest BCUT2D eigenvalue weighted by Gasteiger charge is -2.36. The van der Waals surface area contributed by atoms with Gasteiger partial charge in [0.1, 0.15) is 6.54 Å². The maximum Gasteiger partial charge on any atom is 0.402 e. The molecule has 0 radical (unpaired) electrons. The van der Waals surface area contributed by atoms with E-state index >= 15 is 0 Å². The molecule has 0 unspecified atom stereocenters. The predicted octanol–water partition coefficient (Wildman–Crippen LogP) is 0.196. The van der Waals surface area contributed by atoms with Gasteiger partial charge in [-0.25, -0.2) is 0 Å². The molecule has 1 saturated carbocycles. The molecule has 0 bridgehead atoms. The molecule has 0 spiro atoms. The fourth-order valence-corrected chi connectivity index (χ4v) is 3.02. The molecule has 0 heterocycles. The topological polar surface area (TPSA) is 75.4 Å². The standard InChI is InChI=1S/C8H16F3N3O2S/c9-8(10,11)6-13-17(15,16)14(5-4-12)7-2-1-3-7/h7,13H,1-6,12H2. The second kappa shape index (κ2) is 5.51. The molecule has 0 aromatic heterocycles. The quantitative estimate of drug-likeness (QED) is 0.727. The monoisotopic (exact) mass is 275 g/mol. The van der Waals surface area contributed by atoms with E-state index in [2.05, 4.69) is 0 Å². The third-order valence-electron chi connectivity index (χ3n) is 2.60. The fourth-order valence-electron chi connectivity index (χ4n) is 1.56. The van der Waals surface area contributed by atoms with Gasteiger partial charge in [0.25, 0.3) is 10.2 Å². The van der Waals surface area contributed by atoms with Gasteiger partial charge in [-0.05, 0) is 12.8 Å². The molecule has 0 saturated heterocycles. The highest BCUT2D eigenvalue weighted by molar-refractivity contribution is 7.87. The first-order valence-corrected chi connectivity index (χ1v) is 6.73. The highest BCUT2D eigenvalue weighted by Gasteiger charge is 2.36. The highest BCUT2D eigenvalue weighted by Crippen LogP contribution is 2.26. The lowest BCUT2D eigenvalue weighted by atomic mass is 9.93. The van der Waals surface area contributed by atoms with Crippen LogP contribution >= 0.6 is 0 Å². The molecule has 1 fully saturated rings. The van der Waals surface area contributed by atoms with Crippen molar-refractivity contribution < 1.29 is 21.6 Å². The van der Waals surface area contributed by atoms with Crippen LogP contribution in [0.4, 0.5) is 13.2 Å². The molecule has 0 atom stereocenters. The van der Waals surface area contributed by atoms with Crippen molar-refractivity contribution in [2.45, 2.75) is 31.5 Å². The number of rotatable bonds is 6. The Kier molecular flexibility index (Phi) is 4.76. The maximum absolute atomic E-state index is 12.0. The molecule has 9 heteroatoms. The van der Waals surface area contributed by atoms with Crippen molar-refractivity contribution >= 4 is 10.2 Å². The Morgan fingerprint density at radius 2 is 1.94 bits per heavy atom. The molecule has 3 N–H and O–H groups in total. The van der Waals surface area contributed by atoms with E-state index in [0.717, 1.165) is 10.7 Å². The minimum absolute atomic E-state index is 0.0395. The van der Waals surface area contributed by atoms with Crippen LogP contribution in [0.3, 0.4) is 0 Å². The summed E-state index contributed by atoms with van der Waals surface area (Å²) in [6, 6.07) is -0.218. The largest absolute Gasteiger partial charge is 0.402 e. The average molecular weight is 275 g/mol. The van der Waals surface area contributed by atoms with Gasteiger partial charge >= 0.3 is 6.18 Å². The van der Waals surface area contributed by atoms with Crippen LogP contribution in [0.25, 0.3) is 0 Å². The number of hydrogen-bond donors (Lipinski definition) is 2. The lowest BCUT2D eigenvalue weighted by Crippen LogP contribution is -2.52. The molecule has 1 aliphatic rings. The summed E-state index contributed by atoms with van der Waals surface area (Å²) < 4.78 is 61.8. The van der Waals surface area contributed by atoms with Gasteiger partial charge in [0.15, 0.2) is 0 Å². The number of alkyl halides is 3. The van der Waals surface area contributed by atoms with E-state index in [4.69, 9.17) is 5.73 Å². The van der Waals surface area contributed by atoms with Crippen LogP contribution in [-0.4, -0.2) is 44.6 Å². The third kappa shape index (κ3) is 4.41. The predicted molar refractivity (Wildman–Crippen MR) is 56.4 cm³/mol. The van der Waals surface area contributed by atoms with Crippen LogP contribution < -0.4 is 10.5 Å². The number of nitrogens with two attached hydrogens (primary N) is 1. The summed E-state index contributed by atoms with van der Waals surface area (Å²) in [5.41, 5.74) is 5.27. The van der Waals surface area contributed by atoms with E-state index in [-0.39, 0.29) is 19.1 Å². The lowest BCUT2D eigenvalue weighted by molar-refractivity contribution is -0.121. The molecule has 1 aliphatic carbocycles. The first-order chi connectivity index (χ1) is 7.76. The van der Waals surface area contributed by atoms with E-state index in [0.29, 0.717) is 12.8 Å². The van der Waals surface area contributed by atoms with Gasteiger partial charge < -0.3 is 5.73 Å². The zero-order valence-corrected chi connectivity index (χ0v) is 10.0. The van der Waals surface area contributed by atoms with E-state index in [1.54, 1.807) is 4.72 Å². The molecular weight excluding hydrogens is 259 g/mol. The van der Waals surface area contributed by atoms with E-state index in [9.17, 15) is 21.6 Å². The van der Waals surface area contributed by atoms with Crippen LogP contribution in [-0.2, 0) is 10.2 Å². The molecule has 5 nitrogen and oxygen atoms in total. The molecule has 0 aromatic carbocycles. The average Bonchev–Trinajstić information content (AvgIpc) is 2.10. The molecule has 0 amide bonds. The first kappa shape index (κ1) is 14.7. The Hall–Kier alpha value is -0.380. The Balaban J connectivity index is 2.63. The zero-order chi connectivity index (χ0) is 13.1. The number of hydrogen-bond acceptors (Lipinski definition) is 3. The normalized spacial score (nSPS) is 18.4. The van der Waals surface area contributed by atoms with Gasteiger partial charge in [-0.15, -0.1) is 0 Å². The van der Waals surface area contributed by atoms with Crippen LogP contribution in [0.15, 0.2) is 0 Å². The van der Waals surface area contributed by atoms with E-state index in [1.807, 2.05) is 0 Å². The van der Waals surface area contributed by atoms with Crippen molar-refractivity contribution in [3.63, 3.8) is 0 Å². The number of nitrogens with one attached hydrogen (secondary N) is 1. The minimum atomic E-state index is -4.55. The smallest absolute Gasteiger partial charge is 0.329 e. The van der Waals surface area contributed by atoms with Gasteiger partial charge in [-0.2, -0.15) is 30.6 Å². The van der Waals surface area contributed by atoms with Crippen molar-refractivity contribution in [2.24, 2.45) is 5.73 Å². The zero-order valence-electron chi connectivity index (χ0n) is 9.20. The summed E-state index contributed by atoms with van der Waals surface area (Å²) in [6.45, 7) is -1.43. The third-order valence-corrected chi connectivity index (χ3v) is 4.20. The maximum atomic E-state index is 12.0. The van der Waals surface area contributed by atoms with Crippen LogP contribution in [0.5, 0.6) is 0 Å². The van der Waals surface area contributed by atoms with Gasteiger partial charge in [-0.3, -0.25) is 0 Å². The van der Waals surface area contributed by atoms with Crippen LogP contribution in [0, 0.1) is 0 Å². The van der Waals surface area contributed by atoms with Crippen molar-refractivity contribution in [1.82, 2.24) is 9.03 Å². The van der Waals surface area contributed by atoms with E-state index < -0.39 is 22.9 Å². The summed E-state index contributed by atoms with van der Waals surface area (Å²) in [6.07, 6.45) is -2.32. The van der Waals surface area contributed by atoms with Gasteiger partial charge in [0.05, 0.1) is 0 Å². The first-order valence-electron chi connectivity index (χ1n) is 5.29. The van der Waals surface area contributed by atoms with Crippen LogP contribution in [0.2, 0.25) is 0 Å². The molecule has 1 rings (SSSR count). The van der Waals surface area contributed by atoms with Gasteiger partial charge in [0.2, 0.25) is 0 Å². The second-order valence-corrected chi connectivity index (χ2v) is 5.63. The summed E-state index contributed by atoms with van der Waals surface area (Å²) in [4.78, 5) is 0.